The minimum atomic E-state index is -0.489. The predicted molar refractivity (Wildman–Crippen MR) is 75.5 cm³/mol. The normalized spacial score (nSPS) is 25.0. The van der Waals surface area contributed by atoms with Crippen LogP contribution in [0.3, 0.4) is 0 Å². The molecule has 2 heterocycles. The average molecular weight is 293 g/mol. The van der Waals surface area contributed by atoms with Crippen molar-refractivity contribution in [3.05, 3.63) is 35.6 Å². The first-order valence-electron chi connectivity index (χ1n) is 7.48. The molecule has 1 amide bonds. The molecule has 1 aromatic carbocycles. The number of carbonyl (C=O) groups excluding carboxylic acids is 1. The Hall–Kier alpha value is -1.46. The molecular formula is C16H20FNO3. The minimum absolute atomic E-state index is 0.158. The molecule has 2 fully saturated rings. The number of piperidine rings is 1. The van der Waals surface area contributed by atoms with Crippen molar-refractivity contribution in [3.8, 4) is 0 Å². The summed E-state index contributed by atoms with van der Waals surface area (Å²) in [6, 6.07) is 5.76. The lowest BCUT2D eigenvalue weighted by atomic mass is 9.82. The number of benzene rings is 1. The third-order valence-corrected chi connectivity index (χ3v) is 4.59. The van der Waals surface area contributed by atoms with Gasteiger partial charge in [0.1, 0.15) is 5.82 Å². The first kappa shape index (κ1) is 14.5. The molecule has 0 aromatic heterocycles. The molecule has 114 valence electrons. The largest absolute Gasteiger partial charge is 0.390 e. The molecule has 5 heteroatoms. The third kappa shape index (κ3) is 2.80. The number of hydrogen-bond donors (Lipinski definition) is 1. The first-order chi connectivity index (χ1) is 10.1. The predicted octanol–water partition coefficient (Wildman–Crippen LogP) is 1.97. The Morgan fingerprint density at radius 2 is 2.14 bits per heavy atom. The summed E-state index contributed by atoms with van der Waals surface area (Å²) in [6.45, 7) is 1.74. The minimum Gasteiger partial charge on any atom is -0.390 e. The van der Waals surface area contributed by atoms with Gasteiger partial charge in [-0.05, 0) is 43.9 Å². The summed E-state index contributed by atoms with van der Waals surface area (Å²) < 4.78 is 19.0. The van der Waals surface area contributed by atoms with Gasteiger partial charge in [0.15, 0.2) is 0 Å². The van der Waals surface area contributed by atoms with E-state index < -0.39 is 17.5 Å². The van der Waals surface area contributed by atoms with E-state index in [1.165, 1.54) is 12.1 Å². The lowest BCUT2D eigenvalue weighted by Crippen LogP contribution is -2.56. The number of aliphatic hydroxyl groups excluding tert-OH is 1. The number of likely N-dealkylation sites (tertiary alicyclic amines) is 1. The Morgan fingerprint density at radius 1 is 1.38 bits per heavy atom. The fourth-order valence-electron chi connectivity index (χ4n) is 3.28. The van der Waals surface area contributed by atoms with Gasteiger partial charge < -0.3 is 14.7 Å². The van der Waals surface area contributed by atoms with Crippen LogP contribution in [0.15, 0.2) is 24.3 Å². The van der Waals surface area contributed by atoms with Crippen LogP contribution in [0.1, 0.15) is 36.0 Å². The van der Waals surface area contributed by atoms with E-state index in [0.29, 0.717) is 38.1 Å². The second-order valence-corrected chi connectivity index (χ2v) is 5.87. The molecule has 0 bridgehead atoms. The highest BCUT2D eigenvalue weighted by molar-refractivity contribution is 5.94. The van der Waals surface area contributed by atoms with Crippen LogP contribution in [0.4, 0.5) is 4.39 Å². The van der Waals surface area contributed by atoms with Crippen molar-refractivity contribution in [2.45, 2.75) is 37.4 Å². The molecule has 0 aliphatic carbocycles. The Balaban J connectivity index is 1.67. The lowest BCUT2D eigenvalue weighted by Gasteiger charge is -2.46. The zero-order chi connectivity index (χ0) is 14.9. The smallest absolute Gasteiger partial charge is 0.253 e. The summed E-state index contributed by atoms with van der Waals surface area (Å²) in [5.74, 6) is -0.560. The van der Waals surface area contributed by atoms with E-state index in [-0.39, 0.29) is 5.91 Å². The van der Waals surface area contributed by atoms with Crippen molar-refractivity contribution < 1.29 is 19.0 Å². The highest BCUT2D eigenvalue weighted by Gasteiger charge is 2.44. The van der Waals surface area contributed by atoms with Gasteiger partial charge in [0.05, 0.1) is 11.7 Å². The molecule has 2 saturated heterocycles. The lowest BCUT2D eigenvalue weighted by molar-refractivity contribution is -0.174. The van der Waals surface area contributed by atoms with E-state index >= 15 is 0 Å². The molecule has 0 saturated carbocycles. The van der Waals surface area contributed by atoms with Crippen LogP contribution in [-0.2, 0) is 4.74 Å². The highest BCUT2D eigenvalue weighted by Crippen LogP contribution is 2.35. The number of halogens is 1. The Bertz CT molecular complexity index is 526. The van der Waals surface area contributed by atoms with Gasteiger partial charge in [-0.15, -0.1) is 0 Å². The molecule has 2 aliphatic rings. The van der Waals surface area contributed by atoms with Gasteiger partial charge in [-0.1, -0.05) is 6.07 Å². The number of ether oxygens (including phenoxy) is 1. The van der Waals surface area contributed by atoms with E-state index in [9.17, 15) is 14.3 Å². The van der Waals surface area contributed by atoms with Crippen LogP contribution in [-0.4, -0.2) is 47.3 Å². The number of hydrogen-bond acceptors (Lipinski definition) is 3. The van der Waals surface area contributed by atoms with Crippen molar-refractivity contribution >= 4 is 5.91 Å². The summed E-state index contributed by atoms with van der Waals surface area (Å²) >= 11 is 0. The first-order valence-corrected chi connectivity index (χ1v) is 7.48. The van der Waals surface area contributed by atoms with E-state index in [4.69, 9.17) is 4.74 Å². The van der Waals surface area contributed by atoms with Gasteiger partial charge in [-0.25, -0.2) is 4.39 Å². The van der Waals surface area contributed by atoms with E-state index in [2.05, 4.69) is 0 Å². The highest BCUT2D eigenvalue weighted by atomic mass is 19.1. The molecule has 1 atom stereocenters. The van der Waals surface area contributed by atoms with E-state index in [1.807, 2.05) is 0 Å². The van der Waals surface area contributed by atoms with Crippen LogP contribution >= 0.6 is 0 Å². The Labute approximate surface area is 123 Å². The van der Waals surface area contributed by atoms with Crippen LogP contribution in [0.5, 0.6) is 0 Å². The summed E-state index contributed by atoms with van der Waals surface area (Å²) in [5.41, 5.74) is -0.118. The molecule has 1 unspecified atom stereocenters. The maximum Gasteiger partial charge on any atom is 0.253 e. The quantitative estimate of drug-likeness (QED) is 0.861. The number of nitrogens with zero attached hydrogens (tertiary/aromatic N) is 1. The van der Waals surface area contributed by atoms with Crippen LogP contribution in [0, 0.1) is 5.82 Å². The fraction of sp³-hybridized carbons (Fsp3) is 0.562. The zero-order valence-electron chi connectivity index (χ0n) is 11.9. The summed E-state index contributed by atoms with van der Waals surface area (Å²) in [6.07, 6.45) is 2.47. The topological polar surface area (TPSA) is 49.8 Å². The molecule has 21 heavy (non-hydrogen) atoms. The number of amides is 1. The van der Waals surface area contributed by atoms with Crippen molar-refractivity contribution in [3.63, 3.8) is 0 Å². The second-order valence-electron chi connectivity index (χ2n) is 5.87. The standard InChI is InChI=1S/C16H20FNO3/c17-13-4-1-3-12(11-13)15(20)18-8-6-16(7-9-18)14(19)5-2-10-21-16/h1,3-4,11,14,19H,2,5-10H2. The molecule has 1 spiro atoms. The van der Waals surface area contributed by atoms with Gasteiger partial charge in [-0.2, -0.15) is 0 Å². The molecule has 4 nitrogen and oxygen atoms in total. The summed E-state index contributed by atoms with van der Waals surface area (Å²) in [7, 11) is 0. The van der Waals surface area contributed by atoms with Crippen molar-refractivity contribution in [1.82, 2.24) is 4.90 Å². The molecule has 0 radical (unpaired) electrons. The zero-order valence-corrected chi connectivity index (χ0v) is 11.9. The van der Waals surface area contributed by atoms with Crippen molar-refractivity contribution in [2.24, 2.45) is 0 Å². The third-order valence-electron chi connectivity index (χ3n) is 4.59. The number of rotatable bonds is 1. The number of carbonyl (C=O) groups is 1. The van der Waals surface area contributed by atoms with Gasteiger partial charge in [0, 0.05) is 25.3 Å². The average Bonchev–Trinajstić information content (AvgIpc) is 2.50. The maximum absolute atomic E-state index is 13.2. The van der Waals surface area contributed by atoms with Gasteiger partial charge in [0.2, 0.25) is 0 Å². The van der Waals surface area contributed by atoms with Gasteiger partial charge in [-0.3, -0.25) is 4.79 Å². The van der Waals surface area contributed by atoms with E-state index in [0.717, 1.165) is 12.8 Å². The Kier molecular flexibility index (Phi) is 3.95. The van der Waals surface area contributed by atoms with E-state index in [1.54, 1.807) is 17.0 Å². The molecular weight excluding hydrogens is 273 g/mol. The van der Waals surface area contributed by atoms with Gasteiger partial charge >= 0.3 is 0 Å². The number of aliphatic hydroxyl groups is 1. The van der Waals surface area contributed by atoms with Crippen molar-refractivity contribution in [1.29, 1.82) is 0 Å². The van der Waals surface area contributed by atoms with Crippen LogP contribution in [0.2, 0.25) is 0 Å². The second kappa shape index (κ2) is 5.73. The summed E-state index contributed by atoms with van der Waals surface area (Å²) in [5, 5.41) is 10.2. The molecule has 1 N–H and O–H groups in total. The summed E-state index contributed by atoms with van der Waals surface area (Å²) in [4.78, 5) is 14.1. The monoisotopic (exact) mass is 293 g/mol. The fourth-order valence-corrected chi connectivity index (χ4v) is 3.28. The van der Waals surface area contributed by atoms with Gasteiger partial charge in [0.25, 0.3) is 5.91 Å². The molecule has 2 aliphatic heterocycles. The van der Waals surface area contributed by atoms with Crippen LogP contribution in [0.25, 0.3) is 0 Å². The van der Waals surface area contributed by atoms with Crippen LogP contribution < -0.4 is 0 Å². The SMILES string of the molecule is O=C(c1cccc(F)c1)N1CCC2(CC1)OCCCC2O. The molecule has 1 aromatic rings. The maximum atomic E-state index is 13.2. The van der Waals surface area contributed by atoms with Crippen molar-refractivity contribution in [2.75, 3.05) is 19.7 Å². The molecule has 3 rings (SSSR count). The Morgan fingerprint density at radius 3 is 2.81 bits per heavy atom.